The summed E-state index contributed by atoms with van der Waals surface area (Å²) in [5.74, 6) is 0. The summed E-state index contributed by atoms with van der Waals surface area (Å²) >= 11 is 0. The fourth-order valence-electron chi connectivity index (χ4n) is 6.18. The van der Waals surface area contributed by atoms with Gasteiger partial charge in [-0.15, -0.1) is 0 Å². The average Bonchev–Trinajstić information content (AvgIpc) is 2.92. The molecule has 1 aliphatic rings. The molecule has 1 fully saturated rings. The number of hydrogen-bond acceptors (Lipinski definition) is 1. The molecule has 0 unspecified atom stereocenters. The molecule has 1 aliphatic heterocycles. The Kier molecular flexibility index (Phi) is 25.0. The third-order valence-electron chi connectivity index (χ3n) is 8.55. The lowest BCUT2D eigenvalue weighted by Crippen LogP contribution is -2.54. The van der Waals surface area contributed by atoms with Gasteiger partial charge in [-0.1, -0.05) is 146 Å². The number of rotatable bonds is 28. The van der Waals surface area contributed by atoms with Gasteiger partial charge in [-0.05, 0) is 83.1 Å². The van der Waals surface area contributed by atoms with Gasteiger partial charge in [-0.2, -0.15) is 0 Å². The summed E-state index contributed by atoms with van der Waals surface area (Å²) in [5, 5.41) is 0. The maximum atomic E-state index is 2.54. The first-order valence-electron chi connectivity index (χ1n) is 17.5. The summed E-state index contributed by atoms with van der Waals surface area (Å²) < 4.78 is 0. The molecule has 39 heavy (non-hydrogen) atoms. The molecule has 0 spiro atoms. The van der Waals surface area contributed by atoms with E-state index in [1.165, 1.54) is 161 Å². The predicted molar refractivity (Wildman–Crippen MR) is 179 cm³/mol. The Balaban J connectivity index is 1.95. The quantitative estimate of drug-likeness (QED) is 0.0543. The molecule has 1 saturated heterocycles. The van der Waals surface area contributed by atoms with Crippen molar-refractivity contribution in [1.29, 1.82) is 0 Å². The van der Waals surface area contributed by atoms with Crippen LogP contribution in [0.25, 0.3) is 0 Å². The minimum absolute atomic E-state index is 0.663. The molecule has 1 heteroatoms. The van der Waals surface area contributed by atoms with Crippen molar-refractivity contribution >= 4 is 0 Å². The molecule has 0 aliphatic carbocycles. The summed E-state index contributed by atoms with van der Waals surface area (Å²) in [4.78, 5) is 2.54. The number of allylic oxidation sites excluding steroid dienone is 8. The highest BCUT2D eigenvalue weighted by Gasteiger charge is 2.39. The van der Waals surface area contributed by atoms with Crippen LogP contribution >= 0.6 is 0 Å². The first-order valence-corrected chi connectivity index (χ1v) is 17.5. The van der Waals surface area contributed by atoms with E-state index < -0.39 is 0 Å². The molecule has 0 aromatic rings. The fourth-order valence-corrected chi connectivity index (χ4v) is 6.18. The molecule has 226 valence electrons. The van der Waals surface area contributed by atoms with Gasteiger partial charge in [-0.3, -0.25) is 0 Å². The summed E-state index contributed by atoms with van der Waals surface area (Å²) in [5.41, 5.74) is 0.663. The minimum atomic E-state index is 0.663. The Labute approximate surface area is 246 Å². The first-order chi connectivity index (χ1) is 19.2. The molecule has 0 amide bonds. The molecule has 0 aromatic carbocycles. The van der Waals surface area contributed by atoms with Crippen LogP contribution in [0.1, 0.15) is 168 Å². The zero-order valence-electron chi connectivity index (χ0n) is 27.0. The minimum Gasteiger partial charge on any atom is -0.305 e. The lowest BCUT2D eigenvalue weighted by Gasteiger charge is -2.49. The zero-order chi connectivity index (χ0) is 28.1. The highest BCUT2D eigenvalue weighted by Crippen LogP contribution is 2.40. The van der Waals surface area contributed by atoms with Crippen molar-refractivity contribution in [1.82, 2.24) is 4.90 Å². The number of unbranched alkanes of at least 4 members (excludes halogenated alkanes) is 17. The van der Waals surface area contributed by atoms with E-state index in [2.05, 4.69) is 74.4 Å². The van der Waals surface area contributed by atoms with Gasteiger partial charge in [0.05, 0.1) is 0 Å². The van der Waals surface area contributed by atoms with Crippen LogP contribution in [0.2, 0.25) is 0 Å². The lowest BCUT2D eigenvalue weighted by molar-refractivity contribution is 0.00256. The standard InChI is InChI=1S/C38H69N/c1-4-6-8-10-12-14-16-18-20-21-23-25-27-29-31-33-35-38(36-39(3)37-38)34-32-30-28-26-24-22-19-17-15-13-11-9-7-5-2/h12-15,17-20H,4-11,16,21-37H2,1-3H3/b14-12-,15-13+,19-17+,20-18-. The van der Waals surface area contributed by atoms with Crippen LogP contribution in [-0.2, 0) is 0 Å². The van der Waals surface area contributed by atoms with E-state index in [0.29, 0.717) is 5.41 Å². The molecule has 0 N–H and O–H groups in total. The van der Waals surface area contributed by atoms with E-state index in [4.69, 9.17) is 0 Å². The van der Waals surface area contributed by atoms with Gasteiger partial charge in [0.2, 0.25) is 0 Å². The molecule has 0 aromatic heterocycles. The topological polar surface area (TPSA) is 3.24 Å². The second-order valence-corrected chi connectivity index (χ2v) is 12.7. The molecule has 1 rings (SSSR count). The molecule has 0 radical (unpaired) electrons. The van der Waals surface area contributed by atoms with Gasteiger partial charge in [-0.25, -0.2) is 0 Å². The molecule has 0 bridgehead atoms. The average molecular weight is 540 g/mol. The summed E-state index contributed by atoms with van der Waals surface area (Å²) in [6.07, 6.45) is 51.5. The SMILES string of the molecule is CCCCC/C=C\C/C=C\CCCCCCCCC1(CCCCCCC/C=C/C=C/CCCCC)CN(C)C1. The Morgan fingerprint density at radius 3 is 1.28 bits per heavy atom. The first kappa shape index (κ1) is 35.9. The van der Waals surface area contributed by atoms with Crippen molar-refractivity contribution in [3.05, 3.63) is 48.6 Å². The highest BCUT2D eigenvalue weighted by atomic mass is 15.2. The van der Waals surface area contributed by atoms with Gasteiger partial charge >= 0.3 is 0 Å². The zero-order valence-corrected chi connectivity index (χ0v) is 27.0. The van der Waals surface area contributed by atoms with E-state index >= 15 is 0 Å². The Hall–Kier alpha value is -1.08. The van der Waals surface area contributed by atoms with Crippen molar-refractivity contribution in [3.63, 3.8) is 0 Å². The smallest absolute Gasteiger partial charge is 0.00474 e. The van der Waals surface area contributed by atoms with Crippen molar-refractivity contribution in [2.75, 3.05) is 20.1 Å². The lowest BCUT2D eigenvalue weighted by atomic mass is 9.72. The van der Waals surface area contributed by atoms with Crippen molar-refractivity contribution < 1.29 is 0 Å². The molecular weight excluding hydrogens is 470 g/mol. The Morgan fingerprint density at radius 2 is 0.846 bits per heavy atom. The molecule has 1 nitrogen and oxygen atoms in total. The van der Waals surface area contributed by atoms with Gasteiger partial charge in [0, 0.05) is 13.1 Å². The summed E-state index contributed by atoms with van der Waals surface area (Å²) in [6, 6.07) is 0. The van der Waals surface area contributed by atoms with Crippen LogP contribution in [0.15, 0.2) is 48.6 Å². The fraction of sp³-hybridized carbons (Fsp3) is 0.789. The van der Waals surface area contributed by atoms with E-state index in [-0.39, 0.29) is 0 Å². The third kappa shape index (κ3) is 22.3. The van der Waals surface area contributed by atoms with Crippen LogP contribution in [0.5, 0.6) is 0 Å². The van der Waals surface area contributed by atoms with E-state index in [9.17, 15) is 0 Å². The van der Waals surface area contributed by atoms with Crippen molar-refractivity contribution in [2.24, 2.45) is 5.41 Å². The van der Waals surface area contributed by atoms with Crippen LogP contribution in [0.3, 0.4) is 0 Å². The van der Waals surface area contributed by atoms with Crippen LogP contribution in [0, 0.1) is 5.41 Å². The van der Waals surface area contributed by atoms with Crippen LogP contribution in [-0.4, -0.2) is 25.0 Å². The molecule has 1 heterocycles. The van der Waals surface area contributed by atoms with Gasteiger partial charge in [0.25, 0.3) is 0 Å². The largest absolute Gasteiger partial charge is 0.305 e. The van der Waals surface area contributed by atoms with E-state index in [0.717, 1.165) is 6.42 Å². The number of nitrogens with zero attached hydrogens (tertiary/aromatic N) is 1. The monoisotopic (exact) mass is 540 g/mol. The Morgan fingerprint density at radius 1 is 0.462 bits per heavy atom. The number of likely N-dealkylation sites (tertiary alicyclic amines) is 1. The maximum Gasteiger partial charge on any atom is 0.00474 e. The van der Waals surface area contributed by atoms with Gasteiger partial charge in [0.15, 0.2) is 0 Å². The second-order valence-electron chi connectivity index (χ2n) is 12.7. The Bertz CT molecular complexity index is 619. The van der Waals surface area contributed by atoms with E-state index in [1.54, 1.807) is 0 Å². The second kappa shape index (κ2) is 27.1. The van der Waals surface area contributed by atoms with Crippen LogP contribution < -0.4 is 0 Å². The normalized spacial score (nSPS) is 16.0. The molecule has 0 atom stereocenters. The number of hydrogen-bond donors (Lipinski definition) is 0. The third-order valence-corrected chi connectivity index (χ3v) is 8.55. The van der Waals surface area contributed by atoms with Crippen LogP contribution in [0.4, 0.5) is 0 Å². The molecular formula is C38H69N. The summed E-state index contributed by atoms with van der Waals surface area (Å²) in [6.45, 7) is 7.25. The van der Waals surface area contributed by atoms with Crippen molar-refractivity contribution in [2.45, 2.75) is 168 Å². The van der Waals surface area contributed by atoms with Crippen molar-refractivity contribution in [3.8, 4) is 0 Å². The highest BCUT2D eigenvalue weighted by molar-refractivity contribution is 5.02. The summed E-state index contributed by atoms with van der Waals surface area (Å²) in [7, 11) is 2.31. The maximum absolute atomic E-state index is 2.54. The van der Waals surface area contributed by atoms with Gasteiger partial charge < -0.3 is 4.90 Å². The molecule has 0 saturated carbocycles. The van der Waals surface area contributed by atoms with E-state index in [1.807, 2.05) is 0 Å². The van der Waals surface area contributed by atoms with Gasteiger partial charge in [0.1, 0.15) is 0 Å². The predicted octanol–water partition coefficient (Wildman–Crippen LogP) is 12.5.